The van der Waals surface area contributed by atoms with Crippen LogP contribution in [0.4, 0.5) is 0 Å². The number of benzene rings is 1. The Balaban J connectivity index is 1.87. The third-order valence-electron chi connectivity index (χ3n) is 5.12. The SMILES string of the molecule is COc1ccc(CN(C)CCC(C)C)cc1OCC(O)CN1CCCCC1. The molecule has 0 saturated carbocycles. The molecule has 1 heterocycles. The average Bonchev–Trinajstić information content (AvgIpc) is 2.65. The zero-order valence-corrected chi connectivity index (χ0v) is 17.6. The Morgan fingerprint density at radius 1 is 1.15 bits per heavy atom. The van der Waals surface area contributed by atoms with Crippen molar-refractivity contribution in [2.75, 3.05) is 46.9 Å². The molecule has 1 aliphatic rings. The van der Waals surface area contributed by atoms with Crippen molar-refractivity contribution < 1.29 is 14.6 Å². The lowest BCUT2D eigenvalue weighted by Gasteiger charge is -2.28. The molecule has 0 amide bonds. The first kappa shape index (κ1) is 22.0. The maximum absolute atomic E-state index is 10.3. The molecule has 1 atom stereocenters. The minimum atomic E-state index is -0.481. The Morgan fingerprint density at radius 2 is 1.89 bits per heavy atom. The molecule has 1 aromatic carbocycles. The highest BCUT2D eigenvalue weighted by atomic mass is 16.5. The second kappa shape index (κ2) is 11.5. The fourth-order valence-electron chi connectivity index (χ4n) is 3.48. The minimum absolute atomic E-state index is 0.291. The lowest BCUT2D eigenvalue weighted by molar-refractivity contribution is 0.0608. The number of aliphatic hydroxyl groups is 1. The molecule has 1 N–H and O–H groups in total. The van der Waals surface area contributed by atoms with E-state index in [-0.39, 0.29) is 0 Å². The second-order valence-electron chi connectivity index (χ2n) is 8.23. The van der Waals surface area contributed by atoms with Crippen LogP contribution in [0.25, 0.3) is 0 Å². The van der Waals surface area contributed by atoms with Crippen LogP contribution in [0.3, 0.4) is 0 Å². The van der Waals surface area contributed by atoms with Gasteiger partial charge < -0.3 is 24.4 Å². The largest absolute Gasteiger partial charge is 0.493 e. The van der Waals surface area contributed by atoms with Crippen LogP contribution in [-0.2, 0) is 6.54 Å². The highest BCUT2D eigenvalue weighted by Gasteiger charge is 2.16. The average molecular weight is 379 g/mol. The van der Waals surface area contributed by atoms with Gasteiger partial charge in [0.1, 0.15) is 12.7 Å². The highest BCUT2D eigenvalue weighted by molar-refractivity contribution is 5.43. The molecule has 1 unspecified atom stereocenters. The molecule has 0 bridgehead atoms. The van der Waals surface area contributed by atoms with Crippen LogP contribution in [0, 0.1) is 5.92 Å². The molecule has 154 valence electrons. The smallest absolute Gasteiger partial charge is 0.161 e. The second-order valence-corrected chi connectivity index (χ2v) is 8.23. The van der Waals surface area contributed by atoms with Crippen LogP contribution in [-0.4, -0.2) is 68.0 Å². The maximum atomic E-state index is 10.3. The predicted octanol–water partition coefficient (Wildman–Crippen LogP) is 3.40. The predicted molar refractivity (Wildman–Crippen MR) is 111 cm³/mol. The van der Waals surface area contributed by atoms with Crippen molar-refractivity contribution in [3.8, 4) is 11.5 Å². The van der Waals surface area contributed by atoms with Crippen LogP contribution >= 0.6 is 0 Å². The molecule has 5 heteroatoms. The van der Waals surface area contributed by atoms with E-state index in [2.05, 4.69) is 36.8 Å². The third-order valence-corrected chi connectivity index (χ3v) is 5.12. The van der Waals surface area contributed by atoms with Gasteiger partial charge in [0.15, 0.2) is 11.5 Å². The monoisotopic (exact) mass is 378 g/mol. The van der Waals surface area contributed by atoms with E-state index in [1.807, 2.05) is 12.1 Å². The topological polar surface area (TPSA) is 45.2 Å². The molecule has 1 aliphatic heterocycles. The van der Waals surface area contributed by atoms with Crippen molar-refractivity contribution in [3.05, 3.63) is 23.8 Å². The van der Waals surface area contributed by atoms with E-state index in [1.165, 1.54) is 31.2 Å². The van der Waals surface area contributed by atoms with Crippen molar-refractivity contribution >= 4 is 0 Å². The molecule has 0 aromatic heterocycles. The summed E-state index contributed by atoms with van der Waals surface area (Å²) in [5.41, 5.74) is 1.20. The van der Waals surface area contributed by atoms with Crippen molar-refractivity contribution in [3.63, 3.8) is 0 Å². The Bertz CT molecular complexity index is 544. The molecule has 0 aliphatic carbocycles. The van der Waals surface area contributed by atoms with Crippen molar-refractivity contribution in [2.24, 2.45) is 5.92 Å². The van der Waals surface area contributed by atoms with Crippen LogP contribution in [0.15, 0.2) is 18.2 Å². The number of hydrogen-bond donors (Lipinski definition) is 1. The number of ether oxygens (including phenoxy) is 2. The van der Waals surface area contributed by atoms with Crippen LogP contribution in [0.1, 0.15) is 45.1 Å². The maximum Gasteiger partial charge on any atom is 0.161 e. The summed E-state index contributed by atoms with van der Waals surface area (Å²) in [6.45, 7) is 9.60. The summed E-state index contributed by atoms with van der Waals surface area (Å²) >= 11 is 0. The summed E-state index contributed by atoms with van der Waals surface area (Å²) in [5, 5.41) is 10.3. The summed E-state index contributed by atoms with van der Waals surface area (Å²) in [4.78, 5) is 4.66. The summed E-state index contributed by atoms with van der Waals surface area (Å²) < 4.78 is 11.4. The molecule has 0 radical (unpaired) electrons. The number of β-amino-alcohol motifs (C(OH)–C–C–N with tert-alkyl or cyclic N) is 1. The fraction of sp³-hybridized carbons (Fsp3) is 0.727. The molecule has 1 aromatic rings. The van der Waals surface area contributed by atoms with E-state index in [4.69, 9.17) is 9.47 Å². The zero-order valence-electron chi connectivity index (χ0n) is 17.6. The number of hydrogen-bond acceptors (Lipinski definition) is 5. The number of aliphatic hydroxyl groups excluding tert-OH is 1. The fourth-order valence-corrected chi connectivity index (χ4v) is 3.48. The van der Waals surface area contributed by atoms with Gasteiger partial charge in [-0.2, -0.15) is 0 Å². The normalized spacial score (nSPS) is 16.7. The van der Waals surface area contributed by atoms with E-state index in [1.54, 1.807) is 7.11 Å². The summed E-state index contributed by atoms with van der Waals surface area (Å²) in [7, 11) is 3.80. The standard InChI is InChI=1S/C22H38N2O3/c1-18(2)10-13-23(3)15-19-8-9-21(26-4)22(14-19)27-17-20(25)16-24-11-6-5-7-12-24/h8-9,14,18,20,25H,5-7,10-13,15-17H2,1-4H3. The molecular weight excluding hydrogens is 340 g/mol. The Kier molecular flexibility index (Phi) is 9.39. The minimum Gasteiger partial charge on any atom is -0.493 e. The molecule has 27 heavy (non-hydrogen) atoms. The van der Waals surface area contributed by atoms with Gasteiger partial charge in [-0.1, -0.05) is 26.3 Å². The van der Waals surface area contributed by atoms with Gasteiger partial charge in [0.2, 0.25) is 0 Å². The van der Waals surface area contributed by atoms with Crippen molar-refractivity contribution in [1.82, 2.24) is 9.80 Å². The van der Waals surface area contributed by atoms with Gasteiger partial charge in [-0.15, -0.1) is 0 Å². The molecule has 1 fully saturated rings. The quantitative estimate of drug-likeness (QED) is 0.639. The summed E-state index contributed by atoms with van der Waals surface area (Å²) in [5.74, 6) is 2.14. The first-order valence-electron chi connectivity index (χ1n) is 10.4. The van der Waals surface area contributed by atoms with E-state index in [9.17, 15) is 5.11 Å². The summed E-state index contributed by atoms with van der Waals surface area (Å²) in [6.07, 6.45) is 4.48. The van der Waals surface area contributed by atoms with Gasteiger partial charge >= 0.3 is 0 Å². The Hall–Kier alpha value is -1.30. The van der Waals surface area contributed by atoms with Gasteiger partial charge in [-0.25, -0.2) is 0 Å². The van der Waals surface area contributed by atoms with E-state index < -0.39 is 6.10 Å². The zero-order chi connectivity index (χ0) is 19.6. The number of rotatable bonds is 11. The van der Waals surface area contributed by atoms with Crippen molar-refractivity contribution in [2.45, 2.75) is 52.2 Å². The Labute approximate surface area is 165 Å². The lowest BCUT2D eigenvalue weighted by Crippen LogP contribution is -2.38. The van der Waals surface area contributed by atoms with E-state index in [0.29, 0.717) is 30.6 Å². The van der Waals surface area contributed by atoms with Gasteiger partial charge in [0, 0.05) is 13.1 Å². The third kappa shape index (κ3) is 8.08. The summed E-state index contributed by atoms with van der Waals surface area (Å²) in [6, 6.07) is 6.08. The number of nitrogens with zero attached hydrogens (tertiary/aromatic N) is 2. The van der Waals surface area contributed by atoms with Gasteiger partial charge in [-0.3, -0.25) is 0 Å². The number of methoxy groups -OCH3 is 1. The molecular formula is C22H38N2O3. The first-order valence-corrected chi connectivity index (χ1v) is 10.4. The highest BCUT2D eigenvalue weighted by Crippen LogP contribution is 2.28. The van der Waals surface area contributed by atoms with Gasteiger partial charge in [-0.05, 0) is 69.6 Å². The van der Waals surface area contributed by atoms with E-state index >= 15 is 0 Å². The van der Waals surface area contributed by atoms with Crippen LogP contribution < -0.4 is 9.47 Å². The number of likely N-dealkylation sites (tertiary alicyclic amines) is 1. The molecule has 2 rings (SSSR count). The Morgan fingerprint density at radius 3 is 2.56 bits per heavy atom. The van der Waals surface area contributed by atoms with Gasteiger partial charge in [0.25, 0.3) is 0 Å². The lowest BCUT2D eigenvalue weighted by atomic mass is 10.1. The first-order chi connectivity index (χ1) is 13.0. The molecule has 0 spiro atoms. The molecule has 1 saturated heterocycles. The molecule has 5 nitrogen and oxygen atoms in total. The van der Waals surface area contributed by atoms with E-state index in [0.717, 1.165) is 26.2 Å². The van der Waals surface area contributed by atoms with Crippen molar-refractivity contribution in [1.29, 1.82) is 0 Å². The van der Waals surface area contributed by atoms with Crippen LogP contribution in [0.2, 0.25) is 0 Å². The van der Waals surface area contributed by atoms with Crippen LogP contribution in [0.5, 0.6) is 11.5 Å². The van der Waals surface area contributed by atoms with Gasteiger partial charge in [0.05, 0.1) is 7.11 Å². The number of piperidine rings is 1.